The molecule has 0 amide bonds. The number of rotatable bonds is 4. The molecule has 0 aliphatic carbocycles. The van der Waals surface area contributed by atoms with Crippen LogP contribution in [0.3, 0.4) is 0 Å². The number of hydrogen-bond donors (Lipinski definition) is 2. The summed E-state index contributed by atoms with van der Waals surface area (Å²) in [5.41, 5.74) is 6.20. The molecule has 0 spiro atoms. The lowest BCUT2D eigenvalue weighted by molar-refractivity contribution is 0.638. The Labute approximate surface area is 82.7 Å². The summed E-state index contributed by atoms with van der Waals surface area (Å²) in [6.07, 6.45) is 3.30. The molecular formula is C9H18N2OS. The van der Waals surface area contributed by atoms with Gasteiger partial charge in [-0.15, -0.1) is 0 Å². The van der Waals surface area contributed by atoms with Crippen molar-refractivity contribution in [3.63, 3.8) is 0 Å². The summed E-state index contributed by atoms with van der Waals surface area (Å²) in [5.74, 6) is 0. The second-order valence-electron chi connectivity index (χ2n) is 3.68. The zero-order valence-electron chi connectivity index (χ0n) is 8.46. The number of nitrogens with one attached hydrogen (secondary N) is 1. The first-order chi connectivity index (χ1) is 5.88. The van der Waals surface area contributed by atoms with Crippen molar-refractivity contribution in [3.05, 3.63) is 24.4 Å². The van der Waals surface area contributed by atoms with Gasteiger partial charge in [-0.25, -0.2) is 8.93 Å². The second kappa shape index (κ2) is 5.19. The first-order valence-corrected chi connectivity index (χ1v) is 5.25. The molecule has 1 unspecified atom stereocenters. The Morgan fingerprint density at radius 2 is 2.15 bits per heavy atom. The highest BCUT2D eigenvalue weighted by molar-refractivity contribution is 7.84. The van der Waals surface area contributed by atoms with Gasteiger partial charge >= 0.3 is 0 Å². The first kappa shape index (κ1) is 12.4. The number of allylic oxidation sites excluding steroid dienone is 2. The van der Waals surface area contributed by atoms with Crippen molar-refractivity contribution >= 4 is 11.0 Å². The molecule has 0 aromatic carbocycles. The summed E-state index contributed by atoms with van der Waals surface area (Å²) < 4.78 is 14.0. The standard InChI is InChI=1S/C9H18N2OS/c1-5-6-8(10)7-11-13(12)9(2,3)4/h5-6,11H,1,7,10H2,2-4H3/b8-6-. The van der Waals surface area contributed by atoms with E-state index in [1.54, 1.807) is 12.2 Å². The fourth-order valence-corrected chi connectivity index (χ4v) is 1.31. The highest BCUT2D eigenvalue weighted by Gasteiger charge is 2.18. The van der Waals surface area contributed by atoms with E-state index in [9.17, 15) is 4.21 Å². The van der Waals surface area contributed by atoms with E-state index >= 15 is 0 Å². The molecule has 1 atom stereocenters. The zero-order chi connectivity index (χ0) is 10.5. The minimum atomic E-state index is -1.07. The van der Waals surface area contributed by atoms with Crippen molar-refractivity contribution in [2.45, 2.75) is 25.5 Å². The predicted molar refractivity (Wildman–Crippen MR) is 58.4 cm³/mol. The Balaban J connectivity index is 3.98. The molecule has 0 heterocycles. The summed E-state index contributed by atoms with van der Waals surface area (Å²) in [4.78, 5) is 0. The highest BCUT2D eigenvalue weighted by Crippen LogP contribution is 2.08. The molecule has 0 bridgehead atoms. The molecule has 3 N–H and O–H groups in total. The van der Waals surface area contributed by atoms with Gasteiger partial charge < -0.3 is 5.73 Å². The van der Waals surface area contributed by atoms with Crippen LogP contribution < -0.4 is 10.5 Å². The summed E-state index contributed by atoms with van der Waals surface area (Å²) in [6.45, 7) is 9.66. The minimum Gasteiger partial charge on any atom is -0.401 e. The van der Waals surface area contributed by atoms with Crippen LogP contribution in [0.2, 0.25) is 0 Å². The normalized spacial score (nSPS) is 15.5. The van der Waals surface area contributed by atoms with Crippen LogP contribution in [0.15, 0.2) is 24.4 Å². The third-order valence-corrected chi connectivity index (χ3v) is 2.81. The molecule has 0 aliphatic heterocycles. The lowest BCUT2D eigenvalue weighted by atomic mass is 10.3. The summed E-state index contributed by atoms with van der Waals surface area (Å²) >= 11 is 0. The number of hydrogen-bond acceptors (Lipinski definition) is 2. The van der Waals surface area contributed by atoms with E-state index in [-0.39, 0.29) is 4.75 Å². The van der Waals surface area contributed by atoms with Gasteiger partial charge in [-0.1, -0.05) is 12.7 Å². The average molecular weight is 202 g/mol. The van der Waals surface area contributed by atoms with Crippen LogP contribution in [-0.4, -0.2) is 15.5 Å². The summed E-state index contributed by atoms with van der Waals surface area (Å²) in [7, 11) is -1.07. The molecule has 76 valence electrons. The molecule has 4 heteroatoms. The van der Waals surface area contributed by atoms with Crippen molar-refractivity contribution in [3.8, 4) is 0 Å². The van der Waals surface area contributed by atoms with Gasteiger partial charge in [-0.2, -0.15) is 0 Å². The highest BCUT2D eigenvalue weighted by atomic mass is 32.2. The van der Waals surface area contributed by atoms with Gasteiger partial charge in [-0.3, -0.25) is 0 Å². The minimum absolute atomic E-state index is 0.255. The van der Waals surface area contributed by atoms with Gasteiger partial charge in [0, 0.05) is 12.2 Å². The van der Waals surface area contributed by atoms with Crippen LogP contribution in [-0.2, 0) is 11.0 Å². The monoisotopic (exact) mass is 202 g/mol. The van der Waals surface area contributed by atoms with Crippen LogP contribution in [0.25, 0.3) is 0 Å². The first-order valence-electron chi connectivity index (χ1n) is 4.10. The van der Waals surface area contributed by atoms with Crippen molar-refractivity contribution < 1.29 is 4.21 Å². The largest absolute Gasteiger partial charge is 0.401 e. The third kappa shape index (κ3) is 5.60. The van der Waals surface area contributed by atoms with E-state index in [1.807, 2.05) is 20.8 Å². The van der Waals surface area contributed by atoms with Gasteiger partial charge in [-0.05, 0) is 26.8 Å². The molecular weight excluding hydrogens is 184 g/mol. The van der Waals surface area contributed by atoms with Crippen LogP contribution in [0, 0.1) is 0 Å². The van der Waals surface area contributed by atoms with Gasteiger partial charge in [0.25, 0.3) is 0 Å². The topological polar surface area (TPSA) is 55.1 Å². The molecule has 0 aromatic heterocycles. The molecule has 0 saturated carbocycles. The van der Waals surface area contributed by atoms with Crippen molar-refractivity contribution in [2.24, 2.45) is 5.73 Å². The van der Waals surface area contributed by atoms with Crippen LogP contribution in [0.5, 0.6) is 0 Å². The van der Waals surface area contributed by atoms with Gasteiger partial charge in [0.05, 0.1) is 15.7 Å². The maximum Gasteiger partial charge on any atom is 0.0973 e. The third-order valence-electron chi connectivity index (χ3n) is 1.30. The quantitative estimate of drug-likeness (QED) is 0.670. The van der Waals surface area contributed by atoms with E-state index in [0.717, 1.165) is 0 Å². The molecule has 0 aliphatic rings. The SMILES string of the molecule is C=C/C=C(\N)CNS(=O)C(C)(C)C. The van der Waals surface area contributed by atoms with Gasteiger partial charge in [0.1, 0.15) is 0 Å². The van der Waals surface area contributed by atoms with Gasteiger partial charge in [0.15, 0.2) is 0 Å². The van der Waals surface area contributed by atoms with Crippen molar-refractivity contribution in [1.82, 2.24) is 4.72 Å². The summed E-state index contributed by atoms with van der Waals surface area (Å²) in [5, 5.41) is 0. The Hall–Kier alpha value is -0.610. The zero-order valence-corrected chi connectivity index (χ0v) is 9.28. The number of nitrogens with two attached hydrogens (primary N) is 1. The fourth-order valence-electron chi connectivity index (χ4n) is 0.576. The van der Waals surface area contributed by atoms with E-state index in [4.69, 9.17) is 5.73 Å². The Bertz CT molecular complexity index is 228. The van der Waals surface area contributed by atoms with Crippen LogP contribution >= 0.6 is 0 Å². The Morgan fingerprint density at radius 1 is 1.62 bits per heavy atom. The lowest BCUT2D eigenvalue weighted by Gasteiger charge is -2.17. The van der Waals surface area contributed by atoms with E-state index in [0.29, 0.717) is 12.2 Å². The molecule has 0 radical (unpaired) electrons. The molecule has 0 fully saturated rings. The average Bonchev–Trinajstić information content (AvgIpc) is 1.99. The second-order valence-corrected chi connectivity index (χ2v) is 5.73. The molecule has 0 saturated heterocycles. The Kier molecular flexibility index (Phi) is 4.95. The van der Waals surface area contributed by atoms with E-state index < -0.39 is 11.0 Å². The molecule has 13 heavy (non-hydrogen) atoms. The molecule has 3 nitrogen and oxygen atoms in total. The molecule has 0 rings (SSSR count). The lowest BCUT2D eigenvalue weighted by Crippen LogP contribution is -2.35. The van der Waals surface area contributed by atoms with E-state index in [2.05, 4.69) is 11.3 Å². The van der Waals surface area contributed by atoms with Crippen molar-refractivity contribution in [2.75, 3.05) is 6.54 Å². The predicted octanol–water partition coefficient (Wildman–Crippen LogP) is 1.07. The van der Waals surface area contributed by atoms with Crippen molar-refractivity contribution in [1.29, 1.82) is 0 Å². The maximum atomic E-state index is 11.5. The smallest absolute Gasteiger partial charge is 0.0973 e. The summed E-state index contributed by atoms with van der Waals surface area (Å²) in [6, 6.07) is 0. The van der Waals surface area contributed by atoms with Crippen LogP contribution in [0.4, 0.5) is 0 Å². The van der Waals surface area contributed by atoms with Gasteiger partial charge in [0.2, 0.25) is 0 Å². The maximum absolute atomic E-state index is 11.5. The van der Waals surface area contributed by atoms with Crippen LogP contribution in [0.1, 0.15) is 20.8 Å². The Morgan fingerprint density at radius 3 is 2.54 bits per heavy atom. The fraction of sp³-hybridized carbons (Fsp3) is 0.556. The molecule has 0 aromatic rings. The van der Waals surface area contributed by atoms with E-state index in [1.165, 1.54) is 0 Å².